The first kappa shape index (κ1) is 21.1. The molecule has 0 saturated heterocycles. The maximum Gasteiger partial charge on any atom is 0.266 e. The highest BCUT2D eigenvalue weighted by molar-refractivity contribution is 7.03. The summed E-state index contributed by atoms with van der Waals surface area (Å²) in [4.78, 5) is 0. The molecule has 1 heterocycles. The summed E-state index contributed by atoms with van der Waals surface area (Å²) in [6, 6.07) is 18.1. The predicted octanol–water partition coefficient (Wildman–Crippen LogP) is -1.00. The summed E-state index contributed by atoms with van der Waals surface area (Å²) in [5.74, 6) is 0. The van der Waals surface area contributed by atoms with Crippen molar-refractivity contribution in [2.24, 2.45) is 5.73 Å². The first-order valence-electron chi connectivity index (χ1n) is 9.49. The molecule has 1 aliphatic heterocycles. The average molecular weight is 404 g/mol. The lowest BCUT2D eigenvalue weighted by Gasteiger charge is -2.55. The predicted molar refractivity (Wildman–Crippen MR) is 110 cm³/mol. The second-order valence-electron chi connectivity index (χ2n) is 7.88. The van der Waals surface area contributed by atoms with E-state index in [9.17, 15) is 20.4 Å². The number of aliphatic hydroxyl groups excluding tert-OH is 4. The topological polar surface area (TPSA) is 116 Å². The van der Waals surface area contributed by atoms with Crippen molar-refractivity contribution in [3.05, 3.63) is 60.2 Å². The molecule has 0 fully saturated rings. The van der Waals surface area contributed by atoms with Crippen LogP contribution in [0.2, 0.25) is 0 Å². The summed E-state index contributed by atoms with van der Waals surface area (Å²) in [5.41, 5.74) is 6.54. The normalized spacial score (nSPS) is 24.5. The highest BCUT2D eigenvalue weighted by Gasteiger charge is 2.63. The Morgan fingerprint density at radius 3 is 2.11 bits per heavy atom. The lowest BCUT2D eigenvalue weighted by molar-refractivity contribution is -0.111. The van der Waals surface area contributed by atoms with Crippen LogP contribution >= 0.6 is 0 Å². The summed E-state index contributed by atoms with van der Waals surface area (Å²) in [5, 5.41) is 42.2. The highest BCUT2D eigenvalue weighted by Crippen LogP contribution is 2.42. The number of aliphatic hydroxyl groups is 4. The van der Waals surface area contributed by atoms with Crippen LogP contribution in [0.4, 0.5) is 0 Å². The van der Waals surface area contributed by atoms with Gasteiger partial charge in [-0.2, -0.15) is 0 Å². The summed E-state index contributed by atoms with van der Waals surface area (Å²) in [6.07, 6.45) is -5.77. The van der Waals surface area contributed by atoms with Crippen LogP contribution in [-0.4, -0.2) is 66.3 Å². The van der Waals surface area contributed by atoms with Crippen molar-refractivity contribution in [1.82, 2.24) is 0 Å². The number of nitrogens with two attached hydrogens (primary N) is 1. The zero-order valence-corrected chi connectivity index (χ0v) is 17.2. The van der Waals surface area contributed by atoms with Crippen LogP contribution in [0.3, 0.4) is 0 Å². The standard InChI is InChI=1S/C21H29NO5Si/c1-21(2)15-10-6-7-11-18(15)28(21,14-8-4-3-5-9-14)27-13-17(24)20(26)19(25)16(23)12-22/h3-11,16-17,19-20,23-26H,12-13,22H2,1-2H3/t16-,17+,19+,20?,28?/m0/s1. The minimum Gasteiger partial charge on any atom is -0.404 e. The first-order chi connectivity index (χ1) is 13.3. The van der Waals surface area contributed by atoms with Crippen LogP contribution in [0, 0.1) is 0 Å². The SMILES string of the molecule is CC1(C)c2ccccc2[Si]1(OC[C@@H](O)C(O)[C@H](O)[C@@H](O)CN)c1ccccc1. The Labute approximate surface area is 166 Å². The number of hydrogen-bond donors (Lipinski definition) is 5. The molecule has 6 N–H and O–H groups in total. The zero-order chi connectivity index (χ0) is 20.5. The van der Waals surface area contributed by atoms with Gasteiger partial charge in [0.15, 0.2) is 0 Å². The van der Waals surface area contributed by atoms with Gasteiger partial charge in [0.25, 0.3) is 8.32 Å². The van der Waals surface area contributed by atoms with Crippen molar-refractivity contribution in [2.75, 3.05) is 13.2 Å². The monoisotopic (exact) mass is 403 g/mol. The average Bonchev–Trinajstić information content (AvgIpc) is 2.72. The molecular formula is C21H29NO5Si. The molecule has 0 saturated carbocycles. The van der Waals surface area contributed by atoms with Gasteiger partial charge in [0, 0.05) is 11.6 Å². The number of rotatable bonds is 8. The molecule has 0 bridgehead atoms. The van der Waals surface area contributed by atoms with E-state index in [0.29, 0.717) is 0 Å². The van der Waals surface area contributed by atoms with Gasteiger partial charge in [0.1, 0.15) is 18.3 Å². The molecule has 0 aromatic heterocycles. The minimum absolute atomic E-state index is 0.158. The smallest absolute Gasteiger partial charge is 0.266 e. The Balaban J connectivity index is 1.90. The Morgan fingerprint density at radius 1 is 0.893 bits per heavy atom. The van der Waals surface area contributed by atoms with E-state index in [1.54, 1.807) is 0 Å². The number of hydrogen-bond acceptors (Lipinski definition) is 6. The van der Waals surface area contributed by atoms with Crippen LogP contribution in [0.5, 0.6) is 0 Å². The van der Waals surface area contributed by atoms with Crippen LogP contribution < -0.4 is 16.1 Å². The van der Waals surface area contributed by atoms with E-state index in [4.69, 9.17) is 10.2 Å². The van der Waals surface area contributed by atoms with Crippen molar-refractivity contribution in [1.29, 1.82) is 0 Å². The van der Waals surface area contributed by atoms with Crippen molar-refractivity contribution in [3.63, 3.8) is 0 Å². The van der Waals surface area contributed by atoms with Gasteiger partial charge >= 0.3 is 0 Å². The molecule has 28 heavy (non-hydrogen) atoms. The van der Waals surface area contributed by atoms with Crippen molar-refractivity contribution < 1.29 is 24.9 Å². The van der Waals surface area contributed by atoms with Crippen LogP contribution in [0.15, 0.2) is 54.6 Å². The van der Waals surface area contributed by atoms with Crippen molar-refractivity contribution in [2.45, 2.75) is 43.3 Å². The van der Waals surface area contributed by atoms with Crippen LogP contribution in [-0.2, 0) is 9.46 Å². The van der Waals surface area contributed by atoms with Gasteiger partial charge in [0.05, 0.1) is 12.7 Å². The van der Waals surface area contributed by atoms with Crippen molar-refractivity contribution in [3.8, 4) is 0 Å². The second kappa shape index (κ2) is 8.04. The quantitative estimate of drug-likeness (QED) is 0.361. The van der Waals surface area contributed by atoms with E-state index in [0.717, 1.165) is 10.4 Å². The summed E-state index contributed by atoms with van der Waals surface area (Å²) in [6.45, 7) is 3.91. The molecule has 5 atom stereocenters. The number of benzene rings is 2. The van der Waals surface area contributed by atoms with E-state index in [-0.39, 0.29) is 18.2 Å². The second-order valence-corrected chi connectivity index (χ2v) is 11.9. The molecule has 0 spiro atoms. The van der Waals surface area contributed by atoms with Crippen LogP contribution in [0.25, 0.3) is 0 Å². The molecule has 2 unspecified atom stereocenters. The highest BCUT2D eigenvalue weighted by atomic mass is 28.4. The fraction of sp³-hybridized carbons (Fsp3) is 0.429. The molecule has 3 rings (SSSR count). The van der Waals surface area contributed by atoms with E-state index in [1.165, 1.54) is 5.56 Å². The summed E-state index contributed by atoms with van der Waals surface area (Å²) >= 11 is 0. The lowest BCUT2D eigenvalue weighted by Crippen LogP contribution is -2.81. The fourth-order valence-electron chi connectivity index (χ4n) is 4.23. The maximum absolute atomic E-state index is 10.4. The molecule has 0 radical (unpaired) electrons. The van der Waals surface area contributed by atoms with Gasteiger partial charge in [-0.25, -0.2) is 0 Å². The molecule has 0 aliphatic carbocycles. The molecule has 7 heteroatoms. The number of fused-ring (bicyclic) bond motifs is 1. The van der Waals surface area contributed by atoms with Gasteiger partial charge in [-0.15, -0.1) is 0 Å². The fourth-order valence-corrected chi connectivity index (χ4v) is 9.22. The Morgan fingerprint density at radius 2 is 1.46 bits per heavy atom. The van der Waals surface area contributed by atoms with E-state index in [2.05, 4.69) is 26.0 Å². The van der Waals surface area contributed by atoms with Crippen molar-refractivity contribution >= 4 is 18.7 Å². The molecule has 6 nitrogen and oxygen atoms in total. The molecule has 0 amide bonds. The van der Waals surface area contributed by atoms with Crippen LogP contribution in [0.1, 0.15) is 19.4 Å². The Hall–Kier alpha value is -1.58. The largest absolute Gasteiger partial charge is 0.404 e. The van der Waals surface area contributed by atoms with Gasteiger partial charge < -0.3 is 30.6 Å². The molecule has 1 aliphatic rings. The molecular weight excluding hydrogens is 374 g/mol. The van der Waals surface area contributed by atoms with E-state index < -0.39 is 32.7 Å². The first-order valence-corrected chi connectivity index (χ1v) is 11.4. The maximum atomic E-state index is 10.4. The third-order valence-corrected chi connectivity index (χ3v) is 10.9. The lowest BCUT2D eigenvalue weighted by atomic mass is 10.0. The third-order valence-electron chi connectivity index (χ3n) is 5.89. The molecule has 2 aromatic rings. The van der Waals surface area contributed by atoms with E-state index in [1.807, 2.05) is 42.5 Å². The van der Waals surface area contributed by atoms with Gasteiger partial charge in [0.2, 0.25) is 0 Å². The third kappa shape index (κ3) is 3.23. The Kier molecular flexibility index (Phi) is 6.07. The zero-order valence-electron chi connectivity index (χ0n) is 16.2. The Bertz CT molecular complexity index is 802. The molecule has 2 aromatic carbocycles. The summed E-state index contributed by atoms with van der Waals surface area (Å²) < 4.78 is 6.44. The minimum atomic E-state index is -2.69. The van der Waals surface area contributed by atoms with Gasteiger partial charge in [-0.05, 0) is 15.9 Å². The van der Waals surface area contributed by atoms with Gasteiger partial charge in [-0.1, -0.05) is 68.4 Å². The van der Waals surface area contributed by atoms with Gasteiger partial charge in [-0.3, -0.25) is 0 Å². The molecule has 152 valence electrons. The van der Waals surface area contributed by atoms with E-state index >= 15 is 0 Å². The summed E-state index contributed by atoms with van der Waals surface area (Å²) in [7, 11) is -2.69.